The predicted molar refractivity (Wildman–Crippen MR) is 96.4 cm³/mol. The summed E-state index contributed by atoms with van der Waals surface area (Å²) in [5.74, 6) is -0.139. The Labute approximate surface area is 159 Å². The molecule has 0 bridgehead atoms. The Morgan fingerprint density at radius 1 is 1.36 bits per heavy atom. The highest BCUT2D eigenvalue weighted by Gasteiger charge is 2.35. The van der Waals surface area contributed by atoms with Gasteiger partial charge in [-0.3, -0.25) is 9.89 Å². The van der Waals surface area contributed by atoms with Crippen molar-refractivity contribution < 1.29 is 18.0 Å². The van der Waals surface area contributed by atoms with Crippen LogP contribution >= 0.6 is 0 Å². The van der Waals surface area contributed by atoms with Crippen molar-refractivity contribution in [2.45, 2.75) is 32.0 Å². The molecule has 148 valence electrons. The lowest BCUT2D eigenvalue weighted by Crippen LogP contribution is -2.37. The number of alkyl halides is 3. The van der Waals surface area contributed by atoms with Crippen LogP contribution in [0.4, 0.5) is 13.2 Å². The molecule has 0 atom stereocenters. The number of hydrogen-bond acceptors (Lipinski definition) is 3. The molecular weight excluding hydrogens is 371 g/mol. The zero-order chi connectivity index (χ0) is 19.9. The SMILES string of the molecule is Cn1cnc2c(CN(CC3CCC3)C(=O)c3cc(C(F)(F)F)[nH]n3)cccc21. The normalized spacial score (nSPS) is 15.0. The van der Waals surface area contributed by atoms with Gasteiger partial charge in [-0.25, -0.2) is 4.98 Å². The van der Waals surface area contributed by atoms with Crippen LogP contribution in [-0.2, 0) is 19.8 Å². The molecule has 1 aliphatic rings. The second kappa shape index (κ2) is 6.96. The van der Waals surface area contributed by atoms with E-state index < -0.39 is 17.8 Å². The minimum atomic E-state index is -4.57. The van der Waals surface area contributed by atoms with Crippen molar-refractivity contribution in [1.29, 1.82) is 0 Å². The van der Waals surface area contributed by atoms with Gasteiger partial charge in [-0.1, -0.05) is 18.6 Å². The Balaban J connectivity index is 1.63. The summed E-state index contributed by atoms with van der Waals surface area (Å²) in [5.41, 5.74) is 1.34. The molecule has 3 aromatic rings. The Morgan fingerprint density at radius 2 is 2.14 bits per heavy atom. The first kappa shape index (κ1) is 18.5. The number of imidazole rings is 1. The molecule has 2 heterocycles. The maximum Gasteiger partial charge on any atom is 0.432 e. The minimum Gasteiger partial charge on any atom is -0.334 e. The number of para-hydroxylation sites is 1. The number of benzene rings is 1. The average molecular weight is 391 g/mol. The molecule has 1 saturated carbocycles. The van der Waals surface area contributed by atoms with Crippen molar-refractivity contribution in [2.75, 3.05) is 6.54 Å². The average Bonchev–Trinajstić information content (AvgIpc) is 3.24. The number of aryl methyl sites for hydroxylation is 1. The van der Waals surface area contributed by atoms with E-state index in [2.05, 4.69) is 10.1 Å². The number of carbonyl (C=O) groups excluding carboxylic acids is 1. The summed E-state index contributed by atoms with van der Waals surface area (Å²) < 4.78 is 40.5. The van der Waals surface area contributed by atoms with E-state index in [1.807, 2.05) is 34.9 Å². The van der Waals surface area contributed by atoms with Gasteiger partial charge in [-0.2, -0.15) is 18.3 Å². The fraction of sp³-hybridized carbons (Fsp3) is 0.421. The number of carbonyl (C=O) groups is 1. The molecule has 6 nitrogen and oxygen atoms in total. The topological polar surface area (TPSA) is 66.8 Å². The van der Waals surface area contributed by atoms with E-state index in [4.69, 9.17) is 0 Å². The zero-order valence-corrected chi connectivity index (χ0v) is 15.3. The van der Waals surface area contributed by atoms with Gasteiger partial charge in [-0.15, -0.1) is 0 Å². The van der Waals surface area contributed by atoms with E-state index in [-0.39, 0.29) is 12.2 Å². The molecule has 4 rings (SSSR count). The first-order chi connectivity index (χ1) is 13.3. The van der Waals surface area contributed by atoms with Crippen LogP contribution in [0.5, 0.6) is 0 Å². The summed E-state index contributed by atoms with van der Waals surface area (Å²) in [6.45, 7) is 0.772. The number of halogens is 3. The molecule has 0 unspecified atom stereocenters. The predicted octanol–water partition coefficient (Wildman–Crippen LogP) is 3.76. The molecule has 0 spiro atoms. The van der Waals surface area contributed by atoms with Crippen LogP contribution in [0, 0.1) is 5.92 Å². The lowest BCUT2D eigenvalue weighted by molar-refractivity contribution is -0.141. The van der Waals surface area contributed by atoms with Crippen molar-refractivity contribution in [3.63, 3.8) is 0 Å². The van der Waals surface area contributed by atoms with E-state index in [1.165, 1.54) is 0 Å². The van der Waals surface area contributed by atoms with Crippen LogP contribution in [0.15, 0.2) is 30.6 Å². The molecule has 9 heteroatoms. The van der Waals surface area contributed by atoms with E-state index >= 15 is 0 Å². The lowest BCUT2D eigenvalue weighted by Gasteiger charge is -2.32. The maximum atomic E-state index is 13.0. The number of rotatable bonds is 5. The summed E-state index contributed by atoms with van der Waals surface area (Å²) in [5, 5.41) is 5.53. The summed E-state index contributed by atoms with van der Waals surface area (Å²) in [6, 6.07) is 6.49. The van der Waals surface area contributed by atoms with Gasteiger partial charge in [0.15, 0.2) is 5.69 Å². The highest BCUT2D eigenvalue weighted by molar-refractivity contribution is 5.92. The Kier molecular flexibility index (Phi) is 4.60. The first-order valence-corrected chi connectivity index (χ1v) is 9.13. The quantitative estimate of drug-likeness (QED) is 0.720. The maximum absolute atomic E-state index is 13.0. The molecule has 0 radical (unpaired) electrons. The highest BCUT2D eigenvalue weighted by Crippen LogP contribution is 2.30. The number of amides is 1. The lowest BCUT2D eigenvalue weighted by atomic mass is 9.85. The van der Waals surface area contributed by atoms with Crippen LogP contribution < -0.4 is 0 Å². The number of aromatic nitrogens is 4. The monoisotopic (exact) mass is 391 g/mol. The van der Waals surface area contributed by atoms with Gasteiger partial charge < -0.3 is 9.47 Å². The molecule has 1 N–H and O–H groups in total. The third-order valence-corrected chi connectivity index (χ3v) is 5.29. The van der Waals surface area contributed by atoms with E-state index in [9.17, 15) is 18.0 Å². The van der Waals surface area contributed by atoms with Crippen molar-refractivity contribution in [2.24, 2.45) is 13.0 Å². The molecule has 0 saturated heterocycles. The molecule has 1 aromatic carbocycles. The Morgan fingerprint density at radius 3 is 2.79 bits per heavy atom. The Hall–Kier alpha value is -2.84. The van der Waals surface area contributed by atoms with Crippen LogP contribution in [0.1, 0.15) is 41.0 Å². The van der Waals surface area contributed by atoms with Crippen LogP contribution in [0.25, 0.3) is 11.0 Å². The smallest absolute Gasteiger partial charge is 0.334 e. The first-order valence-electron chi connectivity index (χ1n) is 9.13. The molecule has 2 aromatic heterocycles. The number of H-pyrrole nitrogens is 1. The third kappa shape index (κ3) is 3.48. The van der Waals surface area contributed by atoms with Gasteiger partial charge >= 0.3 is 6.18 Å². The molecule has 0 aliphatic heterocycles. The largest absolute Gasteiger partial charge is 0.432 e. The van der Waals surface area contributed by atoms with Crippen molar-refractivity contribution in [3.8, 4) is 0 Å². The molecule has 1 amide bonds. The van der Waals surface area contributed by atoms with Crippen molar-refractivity contribution in [3.05, 3.63) is 47.5 Å². The van der Waals surface area contributed by atoms with Gasteiger partial charge in [0, 0.05) is 26.2 Å². The number of hydrogen-bond donors (Lipinski definition) is 1. The van der Waals surface area contributed by atoms with E-state index in [1.54, 1.807) is 11.2 Å². The highest BCUT2D eigenvalue weighted by atomic mass is 19.4. The van der Waals surface area contributed by atoms with Gasteiger partial charge in [0.05, 0.1) is 17.4 Å². The van der Waals surface area contributed by atoms with Gasteiger partial charge in [0.1, 0.15) is 5.69 Å². The molecule has 1 fully saturated rings. The summed E-state index contributed by atoms with van der Waals surface area (Å²) in [7, 11) is 1.89. The second-order valence-electron chi connectivity index (χ2n) is 7.29. The van der Waals surface area contributed by atoms with Crippen LogP contribution in [0.2, 0.25) is 0 Å². The van der Waals surface area contributed by atoms with Crippen molar-refractivity contribution >= 4 is 16.9 Å². The fourth-order valence-corrected chi connectivity index (χ4v) is 3.50. The number of nitrogens with one attached hydrogen (secondary N) is 1. The van der Waals surface area contributed by atoms with E-state index in [0.717, 1.165) is 41.9 Å². The summed E-state index contributed by atoms with van der Waals surface area (Å²) >= 11 is 0. The minimum absolute atomic E-state index is 0.222. The fourth-order valence-electron chi connectivity index (χ4n) is 3.50. The third-order valence-electron chi connectivity index (χ3n) is 5.29. The molecular formula is C19H20F3N5O. The van der Waals surface area contributed by atoms with Gasteiger partial charge in [-0.05, 0) is 30.4 Å². The van der Waals surface area contributed by atoms with Crippen LogP contribution in [0.3, 0.4) is 0 Å². The Bertz CT molecular complexity index is 1000. The summed E-state index contributed by atoms with van der Waals surface area (Å²) in [4.78, 5) is 19.0. The second-order valence-corrected chi connectivity index (χ2v) is 7.29. The number of fused-ring (bicyclic) bond motifs is 1. The van der Waals surface area contributed by atoms with E-state index in [0.29, 0.717) is 12.5 Å². The molecule has 28 heavy (non-hydrogen) atoms. The van der Waals surface area contributed by atoms with Gasteiger partial charge in [0.2, 0.25) is 0 Å². The number of nitrogens with zero attached hydrogens (tertiary/aromatic N) is 4. The number of aromatic amines is 1. The summed E-state index contributed by atoms with van der Waals surface area (Å²) in [6.07, 6.45) is 0.292. The van der Waals surface area contributed by atoms with Crippen molar-refractivity contribution in [1.82, 2.24) is 24.6 Å². The van der Waals surface area contributed by atoms with Crippen LogP contribution in [-0.4, -0.2) is 37.1 Å². The standard InChI is InChI=1S/C19H20F3N5O/c1-26-11-23-17-13(6-3-7-15(17)26)10-27(9-12-4-2-5-12)18(28)14-8-16(25-24-14)19(20,21)22/h3,6-8,11-12H,2,4-5,9-10H2,1H3,(H,24,25). The van der Waals surface area contributed by atoms with Gasteiger partial charge in [0.25, 0.3) is 5.91 Å². The molecule has 1 aliphatic carbocycles. The zero-order valence-electron chi connectivity index (χ0n) is 15.3.